The normalized spacial score (nSPS) is 11.4. The van der Waals surface area contributed by atoms with Crippen LogP contribution in [0.25, 0.3) is 16.7 Å². The summed E-state index contributed by atoms with van der Waals surface area (Å²) in [6, 6.07) is 12.2. The van der Waals surface area contributed by atoms with E-state index in [2.05, 4.69) is 0 Å². The monoisotopic (exact) mass is 299 g/mol. The van der Waals surface area contributed by atoms with E-state index in [1.807, 2.05) is 43.3 Å². The van der Waals surface area contributed by atoms with Crippen molar-refractivity contribution in [3.63, 3.8) is 0 Å². The van der Waals surface area contributed by atoms with Crippen molar-refractivity contribution < 1.29 is 14.3 Å². The Balaban J connectivity index is 2.44. The molecule has 1 N–H and O–H groups in total. The zero-order valence-corrected chi connectivity index (χ0v) is 12.8. The van der Waals surface area contributed by atoms with E-state index in [0.29, 0.717) is 16.7 Å². The Bertz CT molecular complexity index is 718. The number of nitrogens with zero attached hydrogens (tertiary/aromatic N) is 1. The molecule has 0 aliphatic heterocycles. The molecule has 0 spiro atoms. The molecule has 0 heterocycles. The molecule has 0 bridgehead atoms. The van der Waals surface area contributed by atoms with E-state index in [9.17, 15) is 9.18 Å². The SMILES string of the molecule is C/C(=C\C(=O)O)c1ccc(F)c(-c2ccc(N(C)C)cc2)c1. The van der Waals surface area contributed by atoms with Crippen LogP contribution in [0.5, 0.6) is 0 Å². The van der Waals surface area contributed by atoms with E-state index < -0.39 is 5.97 Å². The van der Waals surface area contributed by atoms with Crippen LogP contribution >= 0.6 is 0 Å². The Morgan fingerprint density at radius 1 is 1.14 bits per heavy atom. The molecule has 4 heteroatoms. The van der Waals surface area contributed by atoms with Crippen LogP contribution in [0.2, 0.25) is 0 Å². The van der Waals surface area contributed by atoms with Gasteiger partial charge < -0.3 is 10.0 Å². The summed E-state index contributed by atoms with van der Waals surface area (Å²) in [5.74, 6) is -1.34. The molecule has 2 aromatic rings. The van der Waals surface area contributed by atoms with Crippen molar-refractivity contribution in [2.24, 2.45) is 0 Å². The maximum Gasteiger partial charge on any atom is 0.328 e. The van der Waals surface area contributed by atoms with Crippen molar-refractivity contribution in [2.45, 2.75) is 6.92 Å². The Morgan fingerprint density at radius 2 is 1.77 bits per heavy atom. The van der Waals surface area contributed by atoms with Crippen molar-refractivity contribution in [2.75, 3.05) is 19.0 Å². The number of carboxylic acids is 1. The molecule has 0 aromatic heterocycles. The minimum Gasteiger partial charge on any atom is -0.478 e. The number of allylic oxidation sites excluding steroid dienone is 1. The van der Waals surface area contributed by atoms with Crippen LogP contribution < -0.4 is 4.90 Å². The maximum atomic E-state index is 14.1. The minimum atomic E-state index is -1.02. The predicted molar refractivity (Wildman–Crippen MR) is 87.4 cm³/mol. The molecule has 2 aromatic carbocycles. The van der Waals surface area contributed by atoms with Crippen molar-refractivity contribution >= 4 is 17.2 Å². The molecule has 0 unspecified atom stereocenters. The molecule has 0 amide bonds. The highest BCUT2D eigenvalue weighted by Crippen LogP contribution is 2.28. The molecular weight excluding hydrogens is 281 g/mol. The number of carbonyl (C=O) groups is 1. The minimum absolute atomic E-state index is 0.329. The third-order valence-corrected chi connectivity index (χ3v) is 3.46. The Kier molecular flexibility index (Phi) is 4.61. The van der Waals surface area contributed by atoms with Crippen LogP contribution in [0.3, 0.4) is 0 Å². The van der Waals surface area contributed by atoms with Crippen molar-refractivity contribution in [1.82, 2.24) is 0 Å². The van der Waals surface area contributed by atoms with Crippen LogP contribution in [0.15, 0.2) is 48.5 Å². The third-order valence-electron chi connectivity index (χ3n) is 3.46. The summed E-state index contributed by atoms with van der Waals surface area (Å²) >= 11 is 0. The molecule has 0 saturated heterocycles. The predicted octanol–water partition coefficient (Wildman–Crippen LogP) is 4.05. The van der Waals surface area contributed by atoms with Gasteiger partial charge in [0.2, 0.25) is 0 Å². The highest BCUT2D eigenvalue weighted by molar-refractivity contribution is 5.90. The van der Waals surface area contributed by atoms with Crippen molar-refractivity contribution in [3.05, 3.63) is 59.9 Å². The molecule has 3 nitrogen and oxygen atoms in total. The first-order valence-corrected chi connectivity index (χ1v) is 6.87. The number of rotatable bonds is 4. The number of benzene rings is 2. The first-order chi connectivity index (χ1) is 10.4. The van der Waals surface area contributed by atoms with Gasteiger partial charge in [-0.2, -0.15) is 0 Å². The van der Waals surface area contributed by atoms with Gasteiger partial charge in [0.05, 0.1) is 0 Å². The molecule has 0 aliphatic rings. The third kappa shape index (κ3) is 3.52. The number of halogens is 1. The lowest BCUT2D eigenvalue weighted by Crippen LogP contribution is -2.07. The van der Waals surface area contributed by atoms with Crippen LogP contribution in [-0.4, -0.2) is 25.2 Å². The van der Waals surface area contributed by atoms with Gasteiger partial charge in [0.25, 0.3) is 0 Å². The Morgan fingerprint density at radius 3 is 2.32 bits per heavy atom. The number of anilines is 1. The first-order valence-electron chi connectivity index (χ1n) is 6.87. The summed E-state index contributed by atoms with van der Waals surface area (Å²) in [6.45, 7) is 1.69. The fourth-order valence-electron chi connectivity index (χ4n) is 2.20. The molecule has 0 atom stereocenters. The summed E-state index contributed by atoms with van der Waals surface area (Å²) < 4.78 is 14.1. The highest BCUT2D eigenvalue weighted by atomic mass is 19.1. The van der Waals surface area contributed by atoms with Crippen LogP contribution in [0.4, 0.5) is 10.1 Å². The fraction of sp³-hybridized carbons (Fsp3) is 0.167. The molecule has 2 rings (SSSR count). The lowest BCUT2D eigenvalue weighted by molar-refractivity contribution is -0.131. The van der Waals surface area contributed by atoms with Gasteiger partial charge in [-0.1, -0.05) is 18.2 Å². The molecule has 0 aliphatic carbocycles. The lowest BCUT2D eigenvalue weighted by Gasteiger charge is -2.13. The van der Waals surface area contributed by atoms with E-state index in [-0.39, 0.29) is 5.82 Å². The van der Waals surface area contributed by atoms with Gasteiger partial charge in [-0.3, -0.25) is 0 Å². The quantitative estimate of drug-likeness (QED) is 0.866. The Hall–Kier alpha value is -2.62. The van der Waals surface area contributed by atoms with Crippen molar-refractivity contribution in [3.8, 4) is 11.1 Å². The van der Waals surface area contributed by atoms with Gasteiger partial charge in [0.15, 0.2) is 0 Å². The lowest BCUT2D eigenvalue weighted by atomic mass is 9.98. The largest absolute Gasteiger partial charge is 0.478 e. The van der Waals surface area contributed by atoms with E-state index in [1.165, 1.54) is 6.07 Å². The van der Waals surface area contributed by atoms with Crippen molar-refractivity contribution in [1.29, 1.82) is 0 Å². The standard InChI is InChI=1S/C18H18FNO2/c1-12(10-18(21)22)14-6-9-17(19)16(11-14)13-4-7-15(8-5-13)20(2)3/h4-11H,1-3H3,(H,21,22)/b12-10+. The molecule has 0 fully saturated rings. The fourth-order valence-corrected chi connectivity index (χ4v) is 2.20. The number of carboxylic acid groups (broad SMARTS) is 1. The topological polar surface area (TPSA) is 40.5 Å². The molecule has 0 saturated carbocycles. The van der Waals surface area contributed by atoms with Crippen LogP contribution in [0, 0.1) is 5.82 Å². The molecular formula is C18H18FNO2. The zero-order chi connectivity index (χ0) is 16.3. The van der Waals surface area contributed by atoms with Gasteiger partial charge >= 0.3 is 5.97 Å². The summed E-state index contributed by atoms with van der Waals surface area (Å²) in [5.41, 5.74) is 3.52. The van der Waals surface area contributed by atoms with Gasteiger partial charge in [-0.25, -0.2) is 9.18 Å². The summed E-state index contributed by atoms with van der Waals surface area (Å²) in [5, 5.41) is 8.81. The van der Waals surface area contributed by atoms with Gasteiger partial charge in [0, 0.05) is 31.4 Å². The Labute approximate surface area is 129 Å². The second kappa shape index (κ2) is 6.43. The van der Waals surface area contributed by atoms with Crippen LogP contribution in [-0.2, 0) is 4.79 Å². The van der Waals surface area contributed by atoms with E-state index in [4.69, 9.17) is 5.11 Å². The average molecular weight is 299 g/mol. The number of aliphatic carboxylic acids is 1. The summed E-state index contributed by atoms with van der Waals surface area (Å²) in [7, 11) is 3.88. The number of hydrogen-bond acceptors (Lipinski definition) is 2. The molecule has 0 radical (unpaired) electrons. The first kappa shape index (κ1) is 15.8. The molecule has 114 valence electrons. The van der Waals surface area contributed by atoms with Gasteiger partial charge in [-0.15, -0.1) is 0 Å². The van der Waals surface area contributed by atoms with E-state index >= 15 is 0 Å². The smallest absolute Gasteiger partial charge is 0.328 e. The highest BCUT2D eigenvalue weighted by Gasteiger charge is 2.08. The van der Waals surface area contributed by atoms with E-state index in [0.717, 1.165) is 17.3 Å². The maximum absolute atomic E-state index is 14.1. The summed E-state index contributed by atoms with van der Waals surface area (Å²) in [6.07, 6.45) is 1.12. The second-order valence-corrected chi connectivity index (χ2v) is 5.30. The van der Waals surface area contributed by atoms with E-state index in [1.54, 1.807) is 19.1 Å². The summed E-state index contributed by atoms with van der Waals surface area (Å²) in [4.78, 5) is 12.7. The number of hydrogen-bond donors (Lipinski definition) is 1. The molecule has 22 heavy (non-hydrogen) atoms. The average Bonchev–Trinajstić information content (AvgIpc) is 2.47. The van der Waals surface area contributed by atoms with Gasteiger partial charge in [-0.05, 0) is 47.9 Å². The van der Waals surface area contributed by atoms with Crippen LogP contribution in [0.1, 0.15) is 12.5 Å². The van der Waals surface area contributed by atoms with Gasteiger partial charge in [0.1, 0.15) is 5.82 Å². The second-order valence-electron chi connectivity index (χ2n) is 5.30. The zero-order valence-electron chi connectivity index (χ0n) is 12.8.